The lowest BCUT2D eigenvalue weighted by Crippen LogP contribution is -1.97. The second kappa shape index (κ2) is 3.96. The summed E-state index contributed by atoms with van der Waals surface area (Å²) < 4.78 is 5.50. The lowest BCUT2D eigenvalue weighted by atomic mass is 10.2. The van der Waals surface area contributed by atoms with Gasteiger partial charge >= 0.3 is 5.97 Å². The van der Waals surface area contributed by atoms with Crippen molar-refractivity contribution in [3.63, 3.8) is 0 Å². The number of nitrogens with zero attached hydrogens (tertiary/aromatic N) is 1. The van der Waals surface area contributed by atoms with Crippen LogP contribution >= 0.6 is 11.3 Å². The minimum atomic E-state index is -0.530. The summed E-state index contributed by atoms with van der Waals surface area (Å²) in [5.41, 5.74) is 0.836. The number of para-hydroxylation sites is 1. The number of hydrogen-bond acceptors (Lipinski definition) is 5. The number of benzene rings is 1. The van der Waals surface area contributed by atoms with E-state index in [2.05, 4.69) is 9.72 Å². The van der Waals surface area contributed by atoms with E-state index in [0.717, 1.165) is 15.6 Å². The Bertz CT molecular complexity index is 763. The van der Waals surface area contributed by atoms with Crippen molar-refractivity contribution in [2.24, 2.45) is 0 Å². The SMILES string of the molecule is COC(=O)c1sc2c(cnc3ccccc32)c1O. The highest BCUT2D eigenvalue weighted by Gasteiger charge is 2.19. The molecule has 0 fully saturated rings. The van der Waals surface area contributed by atoms with E-state index in [4.69, 9.17) is 0 Å². The number of hydrogen-bond donors (Lipinski definition) is 1. The first-order valence-electron chi connectivity index (χ1n) is 5.30. The molecule has 0 atom stereocenters. The quantitative estimate of drug-likeness (QED) is 0.682. The van der Waals surface area contributed by atoms with Crippen LogP contribution in [0.15, 0.2) is 30.5 Å². The zero-order valence-electron chi connectivity index (χ0n) is 9.51. The molecular weight excluding hydrogens is 250 g/mol. The smallest absolute Gasteiger partial charge is 0.351 e. The Kier molecular flexibility index (Phi) is 2.41. The third kappa shape index (κ3) is 1.44. The molecule has 0 amide bonds. The Morgan fingerprint density at radius 1 is 1.33 bits per heavy atom. The molecule has 4 nitrogen and oxygen atoms in total. The van der Waals surface area contributed by atoms with Crippen LogP contribution in [0.2, 0.25) is 0 Å². The van der Waals surface area contributed by atoms with Gasteiger partial charge in [0.05, 0.1) is 18.0 Å². The normalized spacial score (nSPS) is 10.9. The average Bonchev–Trinajstić information content (AvgIpc) is 2.76. The highest BCUT2D eigenvalue weighted by atomic mass is 32.1. The van der Waals surface area contributed by atoms with Crippen LogP contribution in [0.1, 0.15) is 9.67 Å². The van der Waals surface area contributed by atoms with Crippen LogP contribution in [-0.4, -0.2) is 23.2 Å². The maximum Gasteiger partial charge on any atom is 0.351 e. The van der Waals surface area contributed by atoms with Crippen molar-refractivity contribution < 1.29 is 14.6 Å². The number of carbonyl (C=O) groups is 1. The van der Waals surface area contributed by atoms with E-state index in [-0.39, 0.29) is 10.6 Å². The molecule has 0 aliphatic carbocycles. The van der Waals surface area contributed by atoms with E-state index in [9.17, 15) is 9.90 Å². The first-order chi connectivity index (χ1) is 8.72. The molecule has 2 heterocycles. The monoisotopic (exact) mass is 259 g/mol. The third-order valence-electron chi connectivity index (χ3n) is 2.77. The number of ether oxygens (including phenoxy) is 1. The van der Waals surface area contributed by atoms with Crippen molar-refractivity contribution in [1.82, 2.24) is 4.98 Å². The number of thiophene rings is 1. The van der Waals surface area contributed by atoms with Gasteiger partial charge in [0.1, 0.15) is 5.75 Å². The zero-order valence-corrected chi connectivity index (χ0v) is 10.3. The van der Waals surface area contributed by atoms with E-state index in [1.54, 1.807) is 6.20 Å². The Morgan fingerprint density at radius 3 is 2.89 bits per heavy atom. The number of pyridine rings is 1. The summed E-state index contributed by atoms with van der Waals surface area (Å²) >= 11 is 1.22. The molecular formula is C13H9NO3S. The van der Waals surface area contributed by atoms with Crippen LogP contribution in [0.4, 0.5) is 0 Å². The predicted octanol–water partition coefficient (Wildman–Crippen LogP) is 2.94. The number of esters is 1. The van der Waals surface area contributed by atoms with E-state index < -0.39 is 5.97 Å². The number of aromatic hydroxyl groups is 1. The van der Waals surface area contributed by atoms with E-state index in [1.807, 2.05) is 24.3 Å². The van der Waals surface area contributed by atoms with Crippen LogP contribution < -0.4 is 0 Å². The Balaban J connectivity index is 2.42. The lowest BCUT2D eigenvalue weighted by molar-refractivity contribution is 0.0603. The van der Waals surface area contributed by atoms with Crippen LogP contribution in [0.25, 0.3) is 21.0 Å². The largest absolute Gasteiger partial charge is 0.505 e. The molecule has 18 heavy (non-hydrogen) atoms. The molecule has 0 saturated heterocycles. The van der Waals surface area contributed by atoms with Gasteiger partial charge in [-0.1, -0.05) is 18.2 Å². The standard InChI is InChI=1S/C13H9NO3S/c1-17-13(16)12-10(15)8-6-14-9-5-3-2-4-7(9)11(8)18-12/h2-6,15H,1H3. The fraction of sp³-hybridized carbons (Fsp3) is 0.0769. The molecule has 1 aromatic carbocycles. The number of fused-ring (bicyclic) bond motifs is 3. The van der Waals surface area contributed by atoms with Crippen LogP contribution in [0, 0.1) is 0 Å². The van der Waals surface area contributed by atoms with Crippen molar-refractivity contribution in [2.45, 2.75) is 0 Å². The van der Waals surface area contributed by atoms with Gasteiger partial charge in [0.2, 0.25) is 0 Å². The molecule has 0 bridgehead atoms. The minimum absolute atomic E-state index is 0.0555. The number of methoxy groups -OCH3 is 1. The predicted molar refractivity (Wildman–Crippen MR) is 70.1 cm³/mol. The number of rotatable bonds is 1. The molecule has 3 rings (SSSR count). The summed E-state index contributed by atoms with van der Waals surface area (Å²) in [5.74, 6) is -0.585. The van der Waals surface area contributed by atoms with Crippen LogP contribution in [0.5, 0.6) is 5.75 Å². The molecule has 0 radical (unpaired) electrons. The maximum atomic E-state index is 11.5. The molecule has 0 spiro atoms. The van der Waals surface area contributed by atoms with Crippen molar-refractivity contribution in [1.29, 1.82) is 0 Å². The van der Waals surface area contributed by atoms with Gasteiger partial charge in [-0.15, -0.1) is 11.3 Å². The molecule has 0 unspecified atom stereocenters. The first kappa shape index (κ1) is 11.0. The zero-order chi connectivity index (χ0) is 12.7. The average molecular weight is 259 g/mol. The molecule has 90 valence electrons. The number of aromatic nitrogens is 1. The van der Waals surface area contributed by atoms with Crippen LogP contribution in [-0.2, 0) is 4.74 Å². The second-order valence-corrected chi connectivity index (χ2v) is 4.81. The maximum absolute atomic E-state index is 11.5. The summed E-state index contributed by atoms with van der Waals surface area (Å²) in [6.07, 6.45) is 1.58. The molecule has 2 aromatic heterocycles. The third-order valence-corrected chi connectivity index (χ3v) is 3.98. The van der Waals surface area contributed by atoms with Crippen LogP contribution in [0.3, 0.4) is 0 Å². The van der Waals surface area contributed by atoms with Gasteiger partial charge < -0.3 is 9.84 Å². The van der Waals surface area contributed by atoms with Crippen molar-refractivity contribution >= 4 is 38.3 Å². The summed E-state index contributed by atoms with van der Waals surface area (Å²) in [6, 6.07) is 7.61. The fourth-order valence-electron chi connectivity index (χ4n) is 1.90. The van der Waals surface area contributed by atoms with Gasteiger partial charge in [0.25, 0.3) is 0 Å². The first-order valence-corrected chi connectivity index (χ1v) is 6.11. The molecule has 0 aliphatic rings. The second-order valence-electron chi connectivity index (χ2n) is 3.79. The highest BCUT2D eigenvalue weighted by Crippen LogP contribution is 2.40. The molecule has 1 N–H and O–H groups in total. The Labute approximate surface area is 106 Å². The van der Waals surface area contributed by atoms with Crippen molar-refractivity contribution in [2.75, 3.05) is 7.11 Å². The minimum Gasteiger partial charge on any atom is -0.505 e. The van der Waals surface area contributed by atoms with E-state index in [0.29, 0.717) is 5.39 Å². The highest BCUT2D eigenvalue weighted by molar-refractivity contribution is 7.22. The van der Waals surface area contributed by atoms with E-state index >= 15 is 0 Å². The van der Waals surface area contributed by atoms with Gasteiger partial charge in [0, 0.05) is 16.3 Å². The van der Waals surface area contributed by atoms with Gasteiger partial charge in [-0.2, -0.15) is 0 Å². The number of carbonyl (C=O) groups excluding carboxylic acids is 1. The van der Waals surface area contributed by atoms with Gasteiger partial charge in [-0.05, 0) is 6.07 Å². The summed E-state index contributed by atoms with van der Waals surface area (Å²) in [7, 11) is 1.29. The Hall–Kier alpha value is -2.14. The van der Waals surface area contributed by atoms with Gasteiger partial charge in [-0.3, -0.25) is 4.98 Å². The van der Waals surface area contributed by atoms with Gasteiger partial charge in [0.15, 0.2) is 4.88 Å². The van der Waals surface area contributed by atoms with Gasteiger partial charge in [-0.25, -0.2) is 4.79 Å². The van der Waals surface area contributed by atoms with Crippen molar-refractivity contribution in [3.8, 4) is 5.75 Å². The molecule has 5 heteroatoms. The lowest BCUT2D eigenvalue weighted by Gasteiger charge is -1.97. The fourth-order valence-corrected chi connectivity index (χ4v) is 3.02. The summed E-state index contributed by atoms with van der Waals surface area (Å²) in [4.78, 5) is 16.0. The molecule has 0 aliphatic heterocycles. The summed E-state index contributed by atoms with van der Waals surface area (Å²) in [5, 5.41) is 11.5. The summed E-state index contributed by atoms with van der Waals surface area (Å²) in [6.45, 7) is 0. The molecule has 3 aromatic rings. The van der Waals surface area contributed by atoms with Crippen molar-refractivity contribution in [3.05, 3.63) is 35.3 Å². The molecule has 0 saturated carbocycles. The van der Waals surface area contributed by atoms with E-state index in [1.165, 1.54) is 18.4 Å². The Morgan fingerprint density at radius 2 is 2.11 bits per heavy atom. The topological polar surface area (TPSA) is 59.4 Å².